The molecule has 0 bridgehead atoms. The Morgan fingerprint density at radius 3 is 2.75 bits per heavy atom. The molecule has 4 heteroatoms. The third kappa shape index (κ3) is 5.80. The zero-order valence-corrected chi connectivity index (χ0v) is 10.6. The lowest BCUT2D eigenvalue weighted by Crippen LogP contribution is -2.31. The standard InChI is InChI=1S/C12H25NO3/c1-12(14)4-3-6-13(7-5-12)8-9-16-11-10-15-2/h14H,3-11H2,1-2H3. The van der Waals surface area contributed by atoms with Gasteiger partial charge in [-0.3, -0.25) is 0 Å². The number of ether oxygens (including phenoxy) is 2. The van der Waals surface area contributed by atoms with Gasteiger partial charge in [-0.1, -0.05) is 0 Å². The maximum atomic E-state index is 9.94. The molecule has 1 heterocycles. The highest BCUT2D eigenvalue weighted by Gasteiger charge is 2.24. The van der Waals surface area contributed by atoms with Crippen molar-refractivity contribution >= 4 is 0 Å². The van der Waals surface area contributed by atoms with Crippen LogP contribution < -0.4 is 0 Å². The van der Waals surface area contributed by atoms with Gasteiger partial charge in [0.1, 0.15) is 0 Å². The SMILES string of the molecule is COCCOCCN1CCCC(C)(O)CC1. The highest BCUT2D eigenvalue weighted by Crippen LogP contribution is 2.20. The third-order valence-electron chi connectivity index (χ3n) is 3.14. The largest absolute Gasteiger partial charge is 0.390 e. The van der Waals surface area contributed by atoms with Crippen LogP contribution in [0.5, 0.6) is 0 Å². The molecule has 0 amide bonds. The molecule has 1 aliphatic rings. The van der Waals surface area contributed by atoms with Crippen molar-refractivity contribution in [3.05, 3.63) is 0 Å². The summed E-state index contributed by atoms with van der Waals surface area (Å²) in [4.78, 5) is 2.37. The average Bonchev–Trinajstić information content (AvgIpc) is 2.40. The molecule has 0 saturated carbocycles. The summed E-state index contributed by atoms with van der Waals surface area (Å²) in [6.07, 6.45) is 2.85. The fourth-order valence-electron chi connectivity index (χ4n) is 1.98. The molecule has 0 aromatic carbocycles. The van der Waals surface area contributed by atoms with Crippen molar-refractivity contribution in [2.24, 2.45) is 0 Å². The summed E-state index contributed by atoms with van der Waals surface area (Å²) in [5.41, 5.74) is -0.467. The van der Waals surface area contributed by atoms with Crippen molar-refractivity contribution in [1.29, 1.82) is 0 Å². The highest BCUT2D eigenvalue weighted by atomic mass is 16.5. The second kappa shape index (κ2) is 7.22. The van der Waals surface area contributed by atoms with Gasteiger partial charge in [-0.2, -0.15) is 0 Å². The van der Waals surface area contributed by atoms with E-state index in [9.17, 15) is 5.11 Å². The lowest BCUT2D eigenvalue weighted by Gasteiger charge is -2.22. The Balaban J connectivity index is 2.08. The molecule has 4 nitrogen and oxygen atoms in total. The summed E-state index contributed by atoms with van der Waals surface area (Å²) in [7, 11) is 1.68. The first kappa shape index (κ1) is 13.9. The van der Waals surface area contributed by atoms with Crippen LogP contribution in [0.3, 0.4) is 0 Å². The Labute approximate surface area is 98.5 Å². The summed E-state index contributed by atoms with van der Waals surface area (Å²) in [6.45, 7) is 7.03. The fourth-order valence-corrected chi connectivity index (χ4v) is 1.98. The molecule has 1 unspecified atom stereocenters. The molecule has 1 N–H and O–H groups in total. The molecule has 0 radical (unpaired) electrons. The van der Waals surface area contributed by atoms with Crippen molar-refractivity contribution in [3.63, 3.8) is 0 Å². The smallest absolute Gasteiger partial charge is 0.0700 e. The minimum Gasteiger partial charge on any atom is -0.390 e. The van der Waals surface area contributed by atoms with E-state index in [4.69, 9.17) is 9.47 Å². The number of hydrogen-bond acceptors (Lipinski definition) is 4. The monoisotopic (exact) mass is 231 g/mol. The van der Waals surface area contributed by atoms with Crippen LogP contribution in [0, 0.1) is 0 Å². The van der Waals surface area contributed by atoms with E-state index in [2.05, 4.69) is 4.90 Å². The topological polar surface area (TPSA) is 41.9 Å². The molecule has 1 rings (SSSR count). The Kier molecular flexibility index (Phi) is 6.28. The van der Waals surface area contributed by atoms with Crippen molar-refractivity contribution in [1.82, 2.24) is 4.90 Å². The summed E-state index contributed by atoms with van der Waals surface area (Å²) >= 11 is 0. The second-order valence-electron chi connectivity index (χ2n) is 4.80. The zero-order valence-electron chi connectivity index (χ0n) is 10.6. The van der Waals surface area contributed by atoms with E-state index < -0.39 is 5.60 Å². The van der Waals surface area contributed by atoms with Gasteiger partial charge >= 0.3 is 0 Å². The summed E-state index contributed by atoms with van der Waals surface area (Å²) < 4.78 is 10.3. The highest BCUT2D eigenvalue weighted by molar-refractivity contribution is 4.78. The number of nitrogens with zero attached hydrogens (tertiary/aromatic N) is 1. The second-order valence-corrected chi connectivity index (χ2v) is 4.80. The van der Waals surface area contributed by atoms with Gasteiger partial charge in [0.15, 0.2) is 0 Å². The van der Waals surface area contributed by atoms with Gasteiger partial charge in [-0.15, -0.1) is 0 Å². The number of rotatable bonds is 6. The number of methoxy groups -OCH3 is 1. The maximum Gasteiger partial charge on any atom is 0.0700 e. The summed E-state index contributed by atoms with van der Waals surface area (Å²) in [5, 5.41) is 9.94. The summed E-state index contributed by atoms with van der Waals surface area (Å²) in [6, 6.07) is 0. The third-order valence-corrected chi connectivity index (χ3v) is 3.14. The lowest BCUT2D eigenvalue weighted by atomic mass is 9.98. The van der Waals surface area contributed by atoms with Gasteiger partial charge in [0.25, 0.3) is 0 Å². The van der Waals surface area contributed by atoms with E-state index in [0.717, 1.165) is 45.5 Å². The molecule has 0 spiro atoms. The van der Waals surface area contributed by atoms with Crippen molar-refractivity contribution < 1.29 is 14.6 Å². The van der Waals surface area contributed by atoms with Crippen molar-refractivity contribution in [3.8, 4) is 0 Å². The van der Waals surface area contributed by atoms with E-state index in [1.165, 1.54) is 0 Å². The molecular weight excluding hydrogens is 206 g/mol. The fraction of sp³-hybridized carbons (Fsp3) is 1.00. The molecule has 96 valence electrons. The van der Waals surface area contributed by atoms with Gasteiger partial charge in [-0.05, 0) is 32.7 Å². The zero-order chi connectivity index (χ0) is 11.9. The van der Waals surface area contributed by atoms with Gasteiger partial charge in [0.05, 0.1) is 25.4 Å². The van der Waals surface area contributed by atoms with E-state index >= 15 is 0 Å². The molecule has 1 atom stereocenters. The van der Waals surface area contributed by atoms with E-state index in [0.29, 0.717) is 13.2 Å². The average molecular weight is 231 g/mol. The first-order valence-corrected chi connectivity index (χ1v) is 6.15. The molecule has 0 aromatic rings. The van der Waals surface area contributed by atoms with Crippen LogP contribution in [-0.2, 0) is 9.47 Å². The molecule has 1 fully saturated rings. The first-order chi connectivity index (χ1) is 7.64. The molecule has 1 aliphatic heterocycles. The molecule has 1 saturated heterocycles. The van der Waals surface area contributed by atoms with Crippen LogP contribution in [0.1, 0.15) is 26.2 Å². The van der Waals surface area contributed by atoms with Crippen LogP contribution in [-0.4, -0.2) is 62.2 Å². The number of likely N-dealkylation sites (tertiary alicyclic amines) is 1. The number of aliphatic hydroxyl groups is 1. The van der Waals surface area contributed by atoms with Crippen LogP contribution in [0.25, 0.3) is 0 Å². The van der Waals surface area contributed by atoms with Gasteiger partial charge in [0.2, 0.25) is 0 Å². The minimum atomic E-state index is -0.467. The van der Waals surface area contributed by atoms with Crippen LogP contribution in [0.4, 0.5) is 0 Å². The van der Waals surface area contributed by atoms with Crippen LogP contribution in [0.2, 0.25) is 0 Å². The minimum absolute atomic E-state index is 0.467. The first-order valence-electron chi connectivity index (χ1n) is 6.15. The van der Waals surface area contributed by atoms with E-state index in [1.807, 2.05) is 6.92 Å². The predicted octanol–water partition coefficient (Wildman–Crippen LogP) is 0.886. The number of hydrogen-bond donors (Lipinski definition) is 1. The Hall–Kier alpha value is -0.160. The van der Waals surface area contributed by atoms with Gasteiger partial charge in [-0.25, -0.2) is 0 Å². The maximum absolute atomic E-state index is 9.94. The Morgan fingerprint density at radius 2 is 2.00 bits per heavy atom. The van der Waals surface area contributed by atoms with E-state index in [1.54, 1.807) is 7.11 Å². The quantitative estimate of drug-likeness (QED) is 0.689. The molecular formula is C12H25NO3. The molecule has 16 heavy (non-hydrogen) atoms. The molecule has 0 aromatic heterocycles. The summed E-state index contributed by atoms with van der Waals surface area (Å²) in [5.74, 6) is 0. The van der Waals surface area contributed by atoms with Gasteiger partial charge < -0.3 is 19.5 Å². The van der Waals surface area contributed by atoms with Gasteiger partial charge in [0, 0.05) is 20.2 Å². The Bertz CT molecular complexity index is 185. The lowest BCUT2D eigenvalue weighted by molar-refractivity contribution is 0.0398. The van der Waals surface area contributed by atoms with Crippen LogP contribution in [0.15, 0.2) is 0 Å². The van der Waals surface area contributed by atoms with Crippen molar-refractivity contribution in [2.75, 3.05) is 46.6 Å². The normalized spacial score (nSPS) is 27.9. The van der Waals surface area contributed by atoms with Crippen LogP contribution >= 0.6 is 0 Å². The van der Waals surface area contributed by atoms with E-state index in [-0.39, 0.29) is 0 Å². The predicted molar refractivity (Wildman–Crippen MR) is 63.6 cm³/mol. The van der Waals surface area contributed by atoms with Crippen molar-refractivity contribution in [2.45, 2.75) is 31.8 Å². The Morgan fingerprint density at radius 1 is 1.19 bits per heavy atom. The molecule has 0 aliphatic carbocycles.